The molecule has 2 aromatic heterocycles. The molecule has 0 aliphatic carbocycles. The highest BCUT2D eigenvalue weighted by atomic mass is 16.2. The van der Waals surface area contributed by atoms with Gasteiger partial charge in [-0.2, -0.15) is 5.10 Å². The smallest absolute Gasteiger partial charge is 0.271 e. The molecule has 2 aliphatic rings. The average Bonchev–Trinajstić information content (AvgIpc) is 3.33. The predicted molar refractivity (Wildman–Crippen MR) is 99.2 cm³/mol. The Kier molecular flexibility index (Phi) is 4.96. The zero-order valence-electron chi connectivity index (χ0n) is 15.8. The Balaban J connectivity index is 1.42. The first-order chi connectivity index (χ1) is 13.1. The maximum atomic E-state index is 12.6. The van der Waals surface area contributed by atoms with E-state index in [2.05, 4.69) is 4.98 Å². The highest BCUT2D eigenvalue weighted by molar-refractivity contribution is 5.92. The summed E-state index contributed by atoms with van der Waals surface area (Å²) >= 11 is 0. The molecule has 1 fully saturated rings. The number of carbonyl (C=O) groups excluding carboxylic acids is 2. The molecule has 2 amide bonds. The third kappa shape index (κ3) is 3.74. The van der Waals surface area contributed by atoms with Crippen LogP contribution in [0.4, 0.5) is 0 Å². The molecule has 4 rings (SSSR count). The number of likely N-dealkylation sites (tertiary alicyclic amines) is 1. The second-order valence-corrected chi connectivity index (χ2v) is 7.49. The maximum absolute atomic E-state index is 12.6. The zero-order chi connectivity index (χ0) is 18.8. The molecule has 0 aromatic carbocycles. The van der Waals surface area contributed by atoms with Crippen molar-refractivity contribution in [2.24, 2.45) is 0 Å². The first-order valence-corrected chi connectivity index (χ1v) is 9.68. The summed E-state index contributed by atoms with van der Waals surface area (Å²) in [4.78, 5) is 32.8. The van der Waals surface area contributed by atoms with Crippen LogP contribution in [-0.4, -0.2) is 67.6 Å². The minimum Gasteiger partial charge on any atom is -0.342 e. The number of fused-ring (bicyclic) bond motifs is 1. The van der Waals surface area contributed by atoms with Crippen molar-refractivity contribution in [2.75, 3.05) is 26.7 Å². The van der Waals surface area contributed by atoms with Crippen molar-refractivity contribution >= 4 is 11.8 Å². The number of piperidine rings is 1. The van der Waals surface area contributed by atoms with Gasteiger partial charge < -0.3 is 14.4 Å². The van der Waals surface area contributed by atoms with Gasteiger partial charge in [-0.1, -0.05) is 0 Å². The Labute approximate surface area is 158 Å². The molecule has 1 atom stereocenters. The van der Waals surface area contributed by atoms with Gasteiger partial charge in [0, 0.05) is 64.5 Å². The van der Waals surface area contributed by atoms with Gasteiger partial charge in [0.1, 0.15) is 5.69 Å². The molecule has 0 radical (unpaired) electrons. The fraction of sp³-hybridized carbons (Fsp3) is 0.579. The molecule has 4 heterocycles. The van der Waals surface area contributed by atoms with E-state index in [-0.39, 0.29) is 17.7 Å². The molecule has 1 saturated heterocycles. The van der Waals surface area contributed by atoms with E-state index in [1.807, 2.05) is 33.5 Å². The normalized spacial score (nSPS) is 20.5. The van der Waals surface area contributed by atoms with Crippen LogP contribution in [-0.2, 0) is 17.9 Å². The van der Waals surface area contributed by atoms with E-state index in [0.717, 1.165) is 44.6 Å². The van der Waals surface area contributed by atoms with Crippen LogP contribution in [0.1, 0.15) is 47.8 Å². The number of aromatic nitrogens is 4. The Morgan fingerprint density at radius 3 is 2.96 bits per heavy atom. The Morgan fingerprint density at radius 1 is 1.26 bits per heavy atom. The third-order valence-electron chi connectivity index (χ3n) is 5.56. The highest BCUT2D eigenvalue weighted by Gasteiger charge is 2.29. The summed E-state index contributed by atoms with van der Waals surface area (Å²) in [6.45, 7) is 3.67. The van der Waals surface area contributed by atoms with Crippen LogP contribution >= 0.6 is 0 Å². The molecule has 0 N–H and O–H groups in total. The average molecular weight is 370 g/mol. The van der Waals surface area contributed by atoms with Crippen LogP contribution in [0.15, 0.2) is 24.8 Å². The number of hydrogen-bond acceptors (Lipinski definition) is 4. The second-order valence-electron chi connectivity index (χ2n) is 7.49. The van der Waals surface area contributed by atoms with Gasteiger partial charge in [-0.05, 0) is 25.3 Å². The number of nitrogens with zero attached hydrogens (tertiary/aromatic N) is 6. The molecule has 1 unspecified atom stereocenters. The van der Waals surface area contributed by atoms with E-state index >= 15 is 0 Å². The van der Waals surface area contributed by atoms with E-state index in [1.165, 1.54) is 0 Å². The lowest BCUT2D eigenvalue weighted by Gasteiger charge is -2.32. The largest absolute Gasteiger partial charge is 0.342 e. The molecule has 2 aliphatic heterocycles. The third-order valence-corrected chi connectivity index (χ3v) is 5.56. The van der Waals surface area contributed by atoms with Crippen molar-refractivity contribution in [1.82, 2.24) is 29.1 Å². The van der Waals surface area contributed by atoms with Crippen LogP contribution in [0.2, 0.25) is 0 Å². The summed E-state index contributed by atoms with van der Waals surface area (Å²) in [6.07, 6.45) is 8.70. The fourth-order valence-electron chi connectivity index (χ4n) is 3.98. The van der Waals surface area contributed by atoms with E-state index in [9.17, 15) is 9.59 Å². The van der Waals surface area contributed by atoms with Crippen LogP contribution in [0.3, 0.4) is 0 Å². The first kappa shape index (κ1) is 17.8. The summed E-state index contributed by atoms with van der Waals surface area (Å²) < 4.78 is 3.77. The van der Waals surface area contributed by atoms with Gasteiger partial charge >= 0.3 is 0 Å². The molecule has 0 spiro atoms. The summed E-state index contributed by atoms with van der Waals surface area (Å²) in [7, 11) is 1.84. The minimum absolute atomic E-state index is 0.0373. The molecule has 144 valence electrons. The first-order valence-electron chi connectivity index (χ1n) is 9.68. The van der Waals surface area contributed by atoms with Gasteiger partial charge in [0.2, 0.25) is 5.91 Å². The van der Waals surface area contributed by atoms with Gasteiger partial charge in [-0.25, -0.2) is 4.98 Å². The molecule has 0 saturated carbocycles. The number of imidazole rings is 1. The highest BCUT2D eigenvalue weighted by Crippen LogP contribution is 2.28. The minimum atomic E-state index is 0.0373. The predicted octanol–water partition coefficient (Wildman–Crippen LogP) is 1.35. The van der Waals surface area contributed by atoms with E-state index in [1.54, 1.807) is 17.4 Å². The number of rotatable bonds is 4. The Bertz CT molecular complexity index is 812. The van der Waals surface area contributed by atoms with Crippen molar-refractivity contribution in [2.45, 2.75) is 44.7 Å². The van der Waals surface area contributed by atoms with Crippen LogP contribution < -0.4 is 0 Å². The van der Waals surface area contributed by atoms with Crippen LogP contribution in [0.5, 0.6) is 0 Å². The van der Waals surface area contributed by atoms with E-state index in [0.29, 0.717) is 25.2 Å². The lowest BCUT2D eigenvalue weighted by atomic mass is 9.94. The topological polar surface area (TPSA) is 76.3 Å². The molecule has 0 bridgehead atoms. The maximum Gasteiger partial charge on any atom is 0.271 e. The molecular weight excluding hydrogens is 344 g/mol. The lowest BCUT2D eigenvalue weighted by molar-refractivity contribution is -0.132. The van der Waals surface area contributed by atoms with Crippen LogP contribution in [0.25, 0.3) is 0 Å². The Hall–Kier alpha value is -2.64. The second kappa shape index (κ2) is 7.54. The monoisotopic (exact) mass is 370 g/mol. The fourth-order valence-corrected chi connectivity index (χ4v) is 3.98. The molecule has 2 aromatic rings. The summed E-state index contributed by atoms with van der Waals surface area (Å²) in [6, 6.07) is 1.94. The molecular formula is C19H26N6O2. The molecule has 8 nitrogen and oxygen atoms in total. The number of carbonyl (C=O) groups is 2. The van der Waals surface area contributed by atoms with Crippen LogP contribution in [0, 0.1) is 0 Å². The summed E-state index contributed by atoms with van der Waals surface area (Å²) in [5, 5.41) is 4.72. The zero-order valence-corrected chi connectivity index (χ0v) is 15.8. The van der Waals surface area contributed by atoms with Gasteiger partial charge in [0.15, 0.2) is 0 Å². The number of hydrogen-bond donors (Lipinski definition) is 0. The van der Waals surface area contributed by atoms with Crippen molar-refractivity contribution < 1.29 is 9.59 Å². The van der Waals surface area contributed by atoms with E-state index < -0.39 is 0 Å². The molecule has 8 heteroatoms. The van der Waals surface area contributed by atoms with Crippen molar-refractivity contribution in [3.05, 3.63) is 36.2 Å². The van der Waals surface area contributed by atoms with Gasteiger partial charge in [-0.3, -0.25) is 14.3 Å². The quantitative estimate of drug-likeness (QED) is 0.814. The SMILES string of the molecule is CN1CCCn2nc(C3CCCN(C(=O)CCn4ccnc4)C3)cc2C1=O. The van der Waals surface area contributed by atoms with Gasteiger partial charge in [-0.15, -0.1) is 0 Å². The Morgan fingerprint density at radius 2 is 2.15 bits per heavy atom. The summed E-state index contributed by atoms with van der Waals surface area (Å²) in [5.74, 6) is 0.411. The van der Waals surface area contributed by atoms with Crippen molar-refractivity contribution in [3.8, 4) is 0 Å². The summed E-state index contributed by atoms with van der Waals surface area (Å²) in [5.41, 5.74) is 1.62. The van der Waals surface area contributed by atoms with Gasteiger partial charge in [0.25, 0.3) is 5.91 Å². The van der Waals surface area contributed by atoms with Crippen molar-refractivity contribution in [1.29, 1.82) is 0 Å². The van der Waals surface area contributed by atoms with E-state index in [4.69, 9.17) is 5.10 Å². The number of amides is 2. The molecule has 27 heavy (non-hydrogen) atoms. The van der Waals surface area contributed by atoms with Gasteiger partial charge in [0.05, 0.1) is 12.0 Å². The lowest BCUT2D eigenvalue weighted by Crippen LogP contribution is -2.39. The number of aryl methyl sites for hydroxylation is 2. The van der Waals surface area contributed by atoms with Crippen molar-refractivity contribution in [3.63, 3.8) is 0 Å². The standard InChI is InChI=1S/C19H26N6O2/c1-22-7-3-9-25-17(19(22)27)12-16(21-25)15-4-2-8-24(13-15)18(26)5-10-23-11-6-20-14-23/h6,11-12,14-15H,2-5,7-10,13H2,1H3.